The lowest BCUT2D eigenvalue weighted by Crippen LogP contribution is -2.21. The van der Waals surface area contributed by atoms with Crippen LogP contribution < -0.4 is 5.32 Å². The molecule has 1 atom stereocenters. The maximum Gasteiger partial charge on any atom is 0.124 e. The largest absolute Gasteiger partial charge is 0.383 e. The highest BCUT2D eigenvalue weighted by atomic mass is 32.1. The third kappa shape index (κ3) is 4.37. The third-order valence-electron chi connectivity index (χ3n) is 3.15. The summed E-state index contributed by atoms with van der Waals surface area (Å²) in [5, 5.41) is 14.1. The number of benzene rings is 1. The van der Waals surface area contributed by atoms with E-state index >= 15 is 0 Å². The van der Waals surface area contributed by atoms with E-state index in [0.29, 0.717) is 5.92 Å². The average molecular weight is 291 g/mol. The molecule has 20 heavy (non-hydrogen) atoms. The fraction of sp³-hybridized carbons (Fsp3) is 0.467. The number of rotatable bonds is 8. The van der Waals surface area contributed by atoms with Crippen LogP contribution in [-0.2, 0) is 11.2 Å². The molecule has 1 N–H and O–H groups in total. The lowest BCUT2D eigenvalue weighted by molar-refractivity contribution is 0.199. The van der Waals surface area contributed by atoms with Crippen LogP contribution >= 0.6 is 11.3 Å². The number of aromatic nitrogens is 2. The van der Waals surface area contributed by atoms with Crippen molar-refractivity contribution in [3.63, 3.8) is 0 Å². The van der Waals surface area contributed by atoms with Gasteiger partial charge in [-0.2, -0.15) is 0 Å². The van der Waals surface area contributed by atoms with Gasteiger partial charge in [-0.1, -0.05) is 37.3 Å². The standard InChI is InChI=1S/C15H21N3OS/c1-12(13-6-4-3-5-7-13)15-18-17-14(20-15)8-9-16-10-11-19-2/h3-7,12,16H,8-11H2,1-2H3. The number of ether oxygens (including phenoxy) is 1. The molecular weight excluding hydrogens is 270 g/mol. The summed E-state index contributed by atoms with van der Waals surface area (Å²) in [4.78, 5) is 0. The van der Waals surface area contributed by atoms with Crippen LogP contribution in [0.25, 0.3) is 0 Å². The summed E-state index contributed by atoms with van der Waals surface area (Å²) < 4.78 is 4.99. The molecule has 5 heteroatoms. The minimum atomic E-state index is 0.309. The average Bonchev–Trinajstić information content (AvgIpc) is 2.96. The second-order valence-corrected chi connectivity index (χ2v) is 5.75. The van der Waals surface area contributed by atoms with Crippen LogP contribution in [0.2, 0.25) is 0 Å². The van der Waals surface area contributed by atoms with E-state index in [9.17, 15) is 0 Å². The van der Waals surface area contributed by atoms with E-state index in [0.717, 1.165) is 36.1 Å². The van der Waals surface area contributed by atoms with Gasteiger partial charge in [0.25, 0.3) is 0 Å². The Bertz CT molecular complexity index is 501. The van der Waals surface area contributed by atoms with Crippen LogP contribution in [0.5, 0.6) is 0 Å². The lowest BCUT2D eigenvalue weighted by Gasteiger charge is -2.06. The summed E-state index contributed by atoms with van der Waals surface area (Å²) in [6, 6.07) is 10.4. The van der Waals surface area contributed by atoms with Crippen molar-refractivity contribution in [3.8, 4) is 0 Å². The molecule has 1 aromatic carbocycles. The van der Waals surface area contributed by atoms with Crippen LogP contribution in [-0.4, -0.2) is 37.0 Å². The van der Waals surface area contributed by atoms with Crippen LogP contribution in [0, 0.1) is 0 Å². The van der Waals surface area contributed by atoms with Gasteiger partial charge in [-0.05, 0) is 5.56 Å². The second-order valence-electron chi connectivity index (χ2n) is 4.66. The lowest BCUT2D eigenvalue weighted by atomic mass is 10.0. The van der Waals surface area contributed by atoms with Gasteiger partial charge in [0.05, 0.1) is 6.61 Å². The van der Waals surface area contributed by atoms with E-state index < -0.39 is 0 Å². The van der Waals surface area contributed by atoms with Crippen LogP contribution in [0.15, 0.2) is 30.3 Å². The number of hydrogen-bond donors (Lipinski definition) is 1. The Morgan fingerprint density at radius 2 is 2.00 bits per heavy atom. The van der Waals surface area contributed by atoms with E-state index in [1.165, 1.54) is 5.56 Å². The van der Waals surface area contributed by atoms with Gasteiger partial charge in [0.15, 0.2) is 0 Å². The van der Waals surface area contributed by atoms with Gasteiger partial charge in [-0.15, -0.1) is 21.5 Å². The molecule has 0 bridgehead atoms. The Hall–Kier alpha value is -1.30. The molecule has 0 saturated heterocycles. The molecule has 1 heterocycles. The van der Waals surface area contributed by atoms with Crippen LogP contribution in [0.3, 0.4) is 0 Å². The van der Waals surface area contributed by atoms with E-state index in [1.54, 1.807) is 18.4 Å². The van der Waals surface area contributed by atoms with E-state index in [2.05, 4.69) is 46.7 Å². The first-order valence-corrected chi connectivity index (χ1v) is 7.69. The first-order valence-electron chi connectivity index (χ1n) is 6.88. The Balaban J connectivity index is 1.85. The molecule has 0 fully saturated rings. The summed E-state index contributed by atoms with van der Waals surface area (Å²) in [6.45, 7) is 4.71. The maximum absolute atomic E-state index is 4.99. The van der Waals surface area contributed by atoms with Gasteiger partial charge in [0.2, 0.25) is 0 Å². The molecule has 0 amide bonds. The van der Waals surface area contributed by atoms with Gasteiger partial charge in [0, 0.05) is 32.5 Å². The summed E-state index contributed by atoms with van der Waals surface area (Å²) in [5.74, 6) is 0.309. The summed E-state index contributed by atoms with van der Waals surface area (Å²) in [7, 11) is 1.71. The first-order chi connectivity index (χ1) is 9.81. The normalized spacial score (nSPS) is 12.5. The first kappa shape index (κ1) is 15.1. The van der Waals surface area contributed by atoms with Crippen molar-refractivity contribution in [1.82, 2.24) is 15.5 Å². The van der Waals surface area contributed by atoms with Crippen molar-refractivity contribution >= 4 is 11.3 Å². The van der Waals surface area contributed by atoms with Crippen LogP contribution in [0.1, 0.15) is 28.4 Å². The number of nitrogens with one attached hydrogen (secondary N) is 1. The molecule has 0 spiro atoms. The predicted molar refractivity (Wildman–Crippen MR) is 82.3 cm³/mol. The highest BCUT2D eigenvalue weighted by Crippen LogP contribution is 2.26. The quantitative estimate of drug-likeness (QED) is 0.759. The number of hydrogen-bond acceptors (Lipinski definition) is 5. The van der Waals surface area contributed by atoms with Gasteiger partial charge < -0.3 is 10.1 Å². The molecule has 1 unspecified atom stereocenters. The summed E-state index contributed by atoms with van der Waals surface area (Å²) >= 11 is 1.71. The van der Waals surface area contributed by atoms with Crippen molar-refractivity contribution in [2.24, 2.45) is 0 Å². The van der Waals surface area contributed by atoms with Gasteiger partial charge in [-0.25, -0.2) is 0 Å². The molecule has 0 aliphatic rings. The molecule has 2 aromatic rings. The van der Waals surface area contributed by atoms with Gasteiger partial charge in [-0.3, -0.25) is 0 Å². The monoisotopic (exact) mass is 291 g/mol. The fourth-order valence-electron chi connectivity index (χ4n) is 1.92. The van der Waals surface area contributed by atoms with Crippen molar-refractivity contribution < 1.29 is 4.74 Å². The topological polar surface area (TPSA) is 47.0 Å². The Morgan fingerprint density at radius 1 is 1.20 bits per heavy atom. The fourth-order valence-corrected chi connectivity index (χ4v) is 2.84. The molecular formula is C15H21N3OS. The maximum atomic E-state index is 4.99. The zero-order valence-electron chi connectivity index (χ0n) is 12.0. The zero-order chi connectivity index (χ0) is 14.2. The highest BCUT2D eigenvalue weighted by Gasteiger charge is 2.13. The van der Waals surface area contributed by atoms with E-state index in [-0.39, 0.29) is 0 Å². The van der Waals surface area contributed by atoms with Gasteiger partial charge >= 0.3 is 0 Å². The SMILES string of the molecule is COCCNCCc1nnc(C(C)c2ccccc2)s1. The molecule has 1 aromatic heterocycles. The molecule has 2 rings (SSSR count). The summed E-state index contributed by atoms with van der Waals surface area (Å²) in [5.41, 5.74) is 1.29. The molecule has 0 saturated carbocycles. The molecule has 0 aliphatic carbocycles. The Morgan fingerprint density at radius 3 is 2.75 bits per heavy atom. The minimum absolute atomic E-state index is 0.309. The van der Waals surface area contributed by atoms with Crippen molar-refractivity contribution in [3.05, 3.63) is 45.9 Å². The third-order valence-corrected chi connectivity index (χ3v) is 4.32. The van der Waals surface area contributed by atoms with Crippen LogP contribution in [0.4, 0.5) is 0 Å². The second kappa shape index (κ2) is 8.09. The zero-order valence-corrected chi connectivity index (χ0v) is 12.8. The molecule has 0 aliphatic heterocycles. The van der Waals surface area contributed by atoms with Gasteiger partial charge in [0.1, 0.15) is 10.0 Å². The summed E-state index contributed by atoms with van der Waals surface area (Å²) in [6.07, 6.45) is 0.920. The Kier molecular flexibility index (Phi) is 6.11. The van der Waals surface area contributed by atoms with E-state index in [1.807, 2.05) is 6.07 Å². The van der Waals surface area contributed by atoms with Crippen molar-refractivity contribution in [2.45, 2.75) is 19.3 Å². The minimum Gasteiger partial charge on any atom is -0.383 e. The van der Waals surface area contributed by atoms with E-state index in [4.69, 9.17) is 4.74 Å². The predicted octanol–water partition coefficient (Wildman–Crippen LogP) is 2.47. The smallest absolute Gasteiger partial charge is 0.124 e. The molecule has 108 valence electrons. The Labute approximate surface area is 124 Å². The van der Waals surface area contributed by atoms with Crippen molar-refractivity contribution in [2.75, 3.05) is 26.8 Å². The molecule has 0 radical (unpaired) electrons. The number of nitrogens with zero attached hydrogens (tertiary/aromatic N) is 2. The van der Waals surface area contributed by atoms with Crippen molar-refractivity contribution in [1.29, 1.82) is 0 Å². The molecule has 4 nitrogen and oxygen atoms in total. The highest BCUT2D eigenvalue weighted by molar-refractivity contribution is 7.11. The number of methoxy groups -OCH3 is 1.